The fourth-order valence-corrected chi connectivity index (χ4v) is 3.10. The van der Waals surface area contributed by atoms with Gasteiger partial charge >= 0.3 is 0 Å². The van der Waals surface area contributed by atoms with E-state index in [9.17, 15) is 0 Å². The molecule has 2 aromatic rings. The van der Waals surface area contributed by atoms with E-state index in [1.54, 1.807) is 0 Å². The fourth-order valence-electron chi connectivity index (χ4n) is 3.10. The first-order chi connectivity index (χ1) is 9.79. The van der Waals surface area contributed by atoms with E-state index in [1.807, 2.05) is 13.2 Å². The zero-order valence-electron chi connectivity index (χ0n) is 12.2. The van der Waals surface area contributed by atoms with E-state index < -0.39 is 0 Å². The Bertz CT molecular complexity index is 549. The molecule has 0 spiro atoms. The number of benzene rings is 1. The van der Waals surface area contributed by atoms with Crippen LogP contribution in [0.4, 0.5) is 0 Å². The molecule has 2 heterocycles. The zero-order valence-corrected chi connectivity index (χ0v) is 12.2. The lowest BCUT2D eigenvalue weighted by Crippen LogP contribution is -2.45. The number of hydrogen-bond donors (Lipinski definition) is 1. The van der Waals surface area contributed by atoms with E-state index in [0.29, 0.717) is 12.1 Å². The van der Waals surface area contributed by atoms with Crippen molar-refractivity contribution < 1.29 is 0 Å². The lowest BCUT2D eigenvalue weighted by Gasteiger charge is -2.37. The Morgan fingerprint density at radius 1 is 1.20 bits per heavy atom. The van der Waals surface area contributed by atoms with Crippen molar-refractivity contribution in [3.05, 3.63) is 54.1 Å². The second kappa shape index (κ2) is 5.77. The highest BCUT2D eigenvalue weighted by Gasteiger charge is 2.27. The highest BCUT2D eigenvalue weighted by Crippen LogP contribution is 2.23. The Balaban J connectivity index is 1.76. The van der Waals surface area contributed by atoms with E-state index in [0.717, 1.165) is 19.6 Å². The van der Waals surface area contributed by atoms with Crippen molar-refractivity contribution in [3.8, 4) is 0 Å². The van der Waals surface area contributed by atoms with Gasteiger partial charge in [-0.1, -0.05) is 30.3 Å². The molecular formula is C16H22N4. The van der Waals surface area contributed by atoms with Crippen molar-refractivity contribution >= 4 is 0 Å². The Labute approximate surface area is 120 Å². The van der Waals surface area contributed by atoms with Crippen LogP contribution in [0.15, 0.2) is 42.7 Å². The molecule has 0 fully saturated rings. The first kappa shape index (κ1) is 13.3. The summed E-state index contributed by atoms with van der Waals surface area (Å²) in [7, 11) is 2.04. The van der Waals surface area contributed by atoms with Crippen LogP contribution in [0.3, 0.4) is 0 Å². The van der Waals surface area contributed by atoms with Gasteiger partial charge in [0, 0.05) is 37.6 Å². The van der Waals surface area contributed by atoms with Gasteiger partial charge in [-0.25, -0.2) is 4.98 Å². The largest absolute Gasteiger partial charge is 0.333 e. The molecule has 0 amide bonds. The van der Waals surface area contributed by atoms with Crippen LogP contribution < -0.4 is 5.32 Å². The smallest absolute Gasteiger partial charge is 0.122 e. The fraction of sp³-hybridized carbons (Fsp3) is 0.438. The lowest BCUT2D eigenvalue weighted by atomic mass is 9.99. The number of rotatable bonds is 4. The molecule has 4 nitrogen and oxygen atoms in total. The van der Waals surface area contributed by atoms with Crippen LogP contribution in [0.5, 0.6) is 0 Å². The number of nitrogens with one attached hydrogen (secondary N) is 1. The Kier molecular flexibility index (Phi) is 3.85. The van der Waals surface area contributed by atoms with Crippen LogP contribution in [0, 0.1) is 0 Å². The molecule has 0 saturated carbocycles. The van der Waals surface area contributed by atoms with Crippen molar-refractivity contribution in [1.29, 1.82) is 0 Å². The average molecular weight is 270 g/mol. The maximum Gasteiger partial charge on any atom is 0.122 e. The molecule has 1 aliphatic heterocycles. The molecule has 0 aliphatic carbocycles. The minimum Gasteiger partial charge on any atom is -0.333 e. The van der Waals surface area contributed by atoms with Gasteiger partial charge in [0.2, 0.25) is 0 Å². The van der Waals surface area contributed by atoms with E-state index in [4.69, 9.17) is 0 Å². The summed E-state index contributed by atoms with van der Waals surface area (Å²) in [6.07, 6.45) is 3.97. The summed E-state index contributed by atoms with van der Waals surface area (Å²) in [4.78, 5) is 6.96. The monoisotopic (exact) mass is 270 g/mol. The Morgan fingerprint density at radius 2 is 2.00 bits per heavy atom. The normalized spacial score (nSPS) is 18.5. The maximum absolute atomic E-state index is 4.45. The lowest BCUT2D eigenvalue weighted by molar-refractivity contribution is 0.134. The predicted octanol–water partition coefficient (Wildman–Crippen LogP) is 2.05. The number of imidazole rings is 1. The van der Waals surface area contributed by atoms with Crippen molar-refractivity contribution in [2.24, 2.45) is 0 Å². The third kappa shape index (κ3) is 2.49. The van der Waals surface area contributed by atoms with Crippen molar-refractivity contribution in [2.45, 2.75) is 32.1 Å². The Hall–Kier alpha value is -1.65. The third-order valence-corrected chi connectivity index (χ3v) is 4.30. The number of fused-ring (bicyclic) bond motifs is 1. The summed E-state index contributed by atoms with van der Waals surface area (Å²) in [5.74, 6) is 1.17. The minimum atomic E-state index is 0.345. The summed E-state index contributed by atoms with van der Waals surface area (Å²) >= 11 is 0. The van der Waals surface area contributed by atoms with Gasteiger partial charge in [-0.3, -0.25) is 4.90 Å². The molecule has 2 atom stereocenters. The van der Waals surface area contributed by atoms with E-state index in [-0.39, 0.29) is 0 Å². The molecule has 2 unspecified atom stereocenters. The van der Waals surface area contributed by atoms with E-state index in [1.165, 1.54) is 11.4 Å². The minimum absolute atomic E-state index is 0.345. The van der Waals surface area contributed by atoms with Gasteiger partial charge in [-0.05, 0) is 19.5 Å². The summed E-state index contributed by atoms with van der Waals surface area (Å²) in [6.45, 7) is 5.34. The van der Waals surface area contributed by atoms with Gasteiger partial charge in [0.25, 0.3) is 0 Å². The van der Waals surface area contributed by atoms with Crippen LogP contribution in [-0.2, 0) is 13.1 Å². The van der Waals surface area contributed by atoms with Crippen LogP contribution in [0.25, 0.3) is 0 Å². The van der Waals surface area contributed by atoms with Crippen molar-refractivity contribution in [2.75, 3.05) is 13.6 Å². The topological polar surface area (TPSA) is 33.1 Å². The van der Waals surface area contributed by atoms with Crippen LogP contribution >= 0.6 is 0 Å². The van der Waals surface area contributed by atoms with Gasteiger partial charge in [-0.15, -0.1) is 0 Å². The molecule has 0 radical (unpaired) electrons. The predicted molar refractivity (Wildman–Crippen MR) is 80.3 cm³/mol. The summed E-state index contributed by atoms with van der Waals surface area (Å²) in [5.41, 5.74) is 1.34. The van der Waals surface area contributed by atoms with Gasteiger partial charge in [0.1, 0.15) is 5.82 Å². The van der Waals surface area contributed by atoms with Crippen LogP contribution in [-0.4, -0.2) is 34.1 Å². The van der Waals surface area contributed by atoms with Gasteiger partial charge in [0.15, 0.2) is 0 Å². The number of nitrogens with zero attached hydrogens (tertiary/aromatic N) is 3. The maximum atomic E-state index is 4.45. The standard InChI is InChI=1S/C16H22N4/c1-13(16(17-2)14-6-4-3-5-7-14)20-11-10-19-9-8-18-15(19)12-20/h3-9,13,16-17H,10-12H2,1-2H3. The molecule has 106 valence electrons. The molecular weight excluding hydrogens is 248 g/mol. The van der Waals surface area contributed by atoms with Gasteiger partial charge in [0.05, 0.1) is 6.54 Å². The van der Waals surface area contributed by atoms with Crippen molar-refractivity contribution in [1.82, 2.24) is 19.8 Å². The SMILES string of the molecule is CNC(c1ccccc1)C(C)N1CCn2ccnc2C1. The molecule has 1 N–H and O–H groups in total. The Morgan fingerprint density at radius 3 is 2.75 bits per heavy atom. The first-order valence-electron chi connectivity index (χ1n) is 7.26. The number of hydrogen-bond acceptors (Lipinski definition) is 3. The second-order valence-electron chi connectivity index (χ2n) is 5.42. The van der Waals surface area contributed by atoms with Crippen LogP contribution in [0.1, 0.15) is 24.4 Å². The molecule has 4 heteroatoms. The molecule has 0 bridgehead atoms. The van der Waals surface area contributed by atoms with Crippen molar-refractivity contribution in [3.63, 3.8) is 0 Å². The zero-order chi connectivity index (χ0) is 13.9. The van der Waals surface area contributed by atoms with E-state index in [2.05, 4.69) is 63.2 Å². The average Bonchev–Trinajstić information content (AvgIpc) is 2.96. The second-order valence-corrected chi connectivity index (χ2v) is 5.42. The molecule has 1 aliphatic rings. The number of aromatic nitrogens is 2. The highest BCUT2D eigenvalue weighted by atomic mass is 15.3. The summed E-state index contributed by atoms with van der Waals surface area (Å²) in [6, 6.07) is 11.5. The summed E-state index contributed by atoms with van der Waals surface area (Å²) in [5, 5.41) is 3.46. The quantitative estimate of drug-likeness (QED) is 0.923. The van der Waals surface area contributed by atoms with E-state index >= 15 is 0 Å². The molecule has 3 rings (SSSR count). The van der Waals surface area contributed by atoms with Crippen LogP contribution in [0.2, 0.25) is 0 Å². The third-order valence-electron chi connectivity index (χ3n) is 4.30. The van der Waals surface area contributed by atoms with Gasteiger partial charge in [-0.2, -0.15) is 0 Å². The molecule has 20 heavy (non-hydrogen) atoms. The molecule has 1 aromatic heterocycles. The highest BCUT2D eigenvalue weighted by molar-refractivity contribution is 5.20. The molecule has 0 saturated heterocycles. The first-order valence-corrected chi connectivity index (χ1v) is 7.26. The number of likely N-dealkylation sites (N-methyl/N-ethyl adjacent to an activating group) is 1. The van der Waals surface area contributed by atoms with Gasteiger partial charge < -0.3 is 9.88 Å². The summed E-state index contributed by atoms with van der Waals surface area (Å²) < 4.78 is 2.25. The molecule has 1 aromatic carbocycles.